The van der Waals surface area contributed by atoms with E-state index in [0.717, 1.165) is 0 Å². The molecule has 0 aliphatic rings. The molecule has 1 aromatic carbocycles. The number of urea groups is 1. The van der Waals surface area contributed by atoms with Crippen LogP contribution in [0.2, 0.25) is 5.02 Å². The third-order valence-corrected chi connectivity index (χ3v) is 4.31. The Morgan fingerprint density at radius 3 is 2.88 bits per heavy atom. The molecule has 0 aliphatic heterocycles. The Balaban J connectivity index is 1.76. The number of amides is 2. The van der Waals surface area contributed by atoms with Gasteiger partial charge in [0.15, 0.2) is 0 Å². The van der Waals surface area contributed by atoms with Gasteiger partial charge in [0, 0.05) is 19.4 Å². The molecule has 2 N–H and O–H groups in total. The minimum absolute atomic E-state index is 0.000396. The Labute approximate surface area is 152 Å². The second-order valence-corrected chi connectivity index (χ2v) is 6.46. The molecule has 10 heteroatoms. The number of nitrogens with zero attached hydrogens (tertiary/aromatic N) is 2. The van der Waals surface area contributed by atoms with Gasteiger partial charge in [-0.1, -0.05) is 29.0 Å². The number of hydrogen-bond donors (Lipinski definition) is 2. The Hall–Kier alpha value is -2.26. The maximum absolute atomic E-state index is 13.1. The summed E-state index contributed by atoms with van der Waals surface area (Å²) in [4.78, 5) is 22.9. The van der Waals surface area contributed by atoms with Crippen LogP contribution in [-0.2, 0) is 22.5 Å². The average Bonchev–Trinajstić information content (AvgIpc) is 3.03. The lowest BCUT2D eigenvalue weighted by molar-refractivity contribution is -0.140. The molecular weight excluding hydrogens is 371 g/mol. The van der Waals surface area contributed by atoms with Crippen LogP contribution < -0.4 is 10.6 Å². The molecule has 1 heterocycles. The van der Waals surface area contributed by atoms with Crippen molar-refractivity contribution in [3.05, 3.63) is 39.6 Å². The molecule has 1 aromatic heterocycles. The van der Waals surface area contributed by atoms with Gasteiger partial charge in [-0.05, 0) is 24.1 Å². The minimum atomic E-state index is -0.511. The lowest BCUT2D eigenvalue weighted by Gasteiger charge is -2.06. The molecule has 7 nitrogen and oxygen atoms in total. The zero-order valence-electron chi connectivity index (χ0n) is 13.3. The van der Waals surface area contributed by atoms with Crippen molar-refractivity contribution in [3.8, 4) is 0 Å². The fraction of sp³-hybridized carbons (Fsp3) is 0.333. The van der Waals surface area contributed by atoms with E-state index >= 15 is 0 Å². The van der Waals surface area contributed by atoms with Gasteiger partial charge in [0.05, 0.1) is 12.1 Å². The first-order valence-corrected chi connectivity index (χ1v) is 8.55. The number of carbonyl (C=O) groups excluding carboxylic acids is 2. The fourth-order valence-electron chi connectivity index (χ4n) is 1.86. The highest BCUT2D eigenvalue weighted by Gasteiger charge is 2.09. The van der Waals surface area contributed by atoms with Crippen LogP contribution in [0.1, 0.15) is 23.4 Å². The Kier molecular flexibility index (Phi) is 7.08. The van der Waals surface area contributed by atoms with E-state index in [1.807, 2.05) is 0 Å². The zero-order valence-corrected chi connectivity index (χ0v) is 14.9. The van der Waals surface area contributed by atoms with Gasteiger partial charge in [-0.25, -0.2) is 9.18 Å². The summed E-state index contributed by atoms with van der Waals surface area (Å²) in [6.07, 6.45) is 1.47. The van der Waals surface area contributed by atoms with E-state index in [9.17, 15) is 14.0 Å². The normalized spacial score (nSPS) is 10.4. The van der Waals surface area contributed by atoms with Crippen molar-refractivity contribution in [1.82, 2.24) is 15.5 Å². The summed E-state index contributed by atoms with van der Waals surface area (Å²) >= 11 is 6.91. The van der Waals surface area contributed by atoms with Crippen LogP contribution in [0.15, 0.2) is 18.2 Å². The third kappa shape index (κ3) is 6.28. The summed E-state index contributed by atoms with van der Waals surface area (Å²) in [6, 6.07) is 3.76. The van der Waals surface area contributed by atoms with E-state index in [4.69, 9.17) is 11.6 Å². The van der Waals surface area contributed by atoms with Gasteiger partial charge in [-0.3, -0.25) is 10.1 Å². The summed E-state index contributed by atoms with van der Waals surface area (Å²) < 4.78 is 17.6. The van der Waals surface area contributed by atoms with Gasteiger partial charge in [0.2, 0.25) is 5.13 Å². The first kappa shape index (κ1) is 19.1. The van der Waals surface area contributed by atoms with Gasteiger partial charge in [0.25, 0.3) is 0 Å². The van der Waals surface area contributed by atoms with Crippen LogP contribution >= 0.6 is 22.9 Å². The SMILES string of the molecule is COC(=O)CCCc1nnc(NC(=O)NCc2ccc(F)c(Cl)c2)s1. The second-order valence-electron chi connectivity index (χ2n) is 4.99. The molecular formula is C15H16ClFN4O3S. The summed E-state index contributed by atoms with van der Waals surface area (Å²) in [5, 5.41) is 14.1. The standard InChI is InChI=1S/C15H16ClFN4O3S/c1-24-13(22)4-2-3-12-20-21-15(25-12)19-14(23)18-8-9-5-6-11(17)10(16)7-9/h5-7H,2-4,8H2,1H3,(H2,18,19,21,23). The highest BCUT2D eigenvalue weighted by Crippen LogP contribution is 2.18. The molecule has 0 saturated heterocycles. The average molecular weight is 387 g/mol. The van der Waals surface area contributed by atoms with Gasteiger partial charge in [-0.2, -0.15) is 0 Å². The number of methoxy groups -OCH3 is 1. The van der Waals surface area contributed by atoms with Gasteiger partial charge in [0.1, 0.15) is 10.8 Å². The number of aryl methyl sites for hydroxylation is 1. The molecule has 0 unspecified atom stereocenters. The second kappa shape index (κ2) is 9.28. The maximum atomic E-state index is 13.1. The predicted molar refractivity (Wildman–Crippen MR) is 92.1 cm³/mol. The van der Waals surface area contributed by atoms with Gasteiger partial charge < -0.3 is 10.1 Å². The van der Waals surface area contributed by atoms with Crippen LogP contribution in [0.5, 0.6) is 0 Å². The van der Waals surface area contributed by atoms with Crippen molar-refractivity contribution in [2.75, 3.05) is 12.4 Å². The van der Waals surface area contributed by atoms with Crippen molar-refractivity contribution in [1.29, 1.82) is 0 Å². The lowest BCUT2D eigenvalue weighted by Crippen LogP contribution is -2.28. The number of ether oxygens (including phenoxy) is 1. The molecule has 0 radical (unpaired) electrons. The summed E-state index contributed by atoms with van der Waals surface area (Å²) in [7, 11) is 1.34. The minimum Gasteiger partial charge on any atom is -0.469 e. The van der Waals surface area contributed by atoms with Crippen molar-refractivity contribution in [2.24, 2.45) is 0 Å². The molecule has 0 saturated carbocycles. The van der Waals surface area contributed by atoms with Crippen molar-refractivity contribution >= 4 is 40.1 Å². The monoisotopic (exact) mass is 386 g/mol. The van der Waals surface area contributed by atoms with E-state index in [1.54, 1.807) is 0 Å². The topological polar surface area (TPSA) is 93.2 Å². The molecule has 0 fully saturated rings. The quantitative estimate of drug-likeness (QED) is 0.713. The van der Waals surface area contributed by atoms with Crippen molar-refractivity contribution in [3.63, 3.8) is 0 Å². The number of nitrogens with one attached hydrogen (secondary N) is 2. The lowest BCUT2D eigenvalue weighted by atomic mass is 10.2. The summed E-state index contributed by atoms with van der Waals surface area (Å²) in [5.41, 5.74) is 0.669. The molecule has 2 rings (SSSR count). The molecule has 134 valence electrons. The fourth-order valence-corrected chi connectivity index (χ4v) is 2.84. The maximum Gasteiger partial charge on any atom is 0.321 e. The highest BCUT2D eigenvalue weighted by molar-refractivity contribution is 7.15. The summed E-state index contributed by atoms with van der Waals surface area (Å²) in [5.74, 6) is -0.786. The number of hydrogen-bond acceptors (Lipinski definition) is 6. The highest BCUT2D eigenvalue weighted by atomic mass is 35.5. The van der Waals surface area contributed by atoms with Crippen LogP contribution in [-0.4, -0.2) is 29.3 Å². The number of esters is 1. The number of benzene rings is 1. The molecule has 0 bridgehead atoms. The Morgan fingerprint density at radius 1 is 1.36 bits per heavy atom. The first-order valence-electron chi connectivity index (χ1n) is 7.36. The van der Waals surface area contributed by atoms with Gasteiger partial charge >= 0.3 is 12.0 Å². The van der Waals surface area contributed by atoms with Crippen LogP contribution in [0.4, 0.5) is 14.3 Å². The molecule has 2 aromatic rings. The van der Waals surface area contributed by atoms with E-state index in [-0.39, 0.29) is 17.5 Å². The zero-order chi connectivity index (χ0) is 18.2. The van der Waals surface area contributed by atoms with Gasteiger partial charge in [-0.15, -0.1) is 10.2 Å². The van der Waals surface area contributed by atoms with Crippen LogP contribution in [0.25, 0.3) is 0 Å². The smallest absolute Gasteiger partial charge is 0.321 e. The molecule has 2 amide bonds. The predicted octanol–water partition coefficient (Wildman–Crippen LogP) is 3.15. The van der Waals surface area contributed by atoms with Crippen molar-refractivity contribution < 1.29 is 18.7 Å². The number of halogens is 2. The number of rotatable bonds is 7. The first-order chi connectivity index (χ1) is 12.0. The summed E-state index contributed by atoms with van der Waals surface area (Å²) in [6.45, 7) is 0.191. The number of carbonyl (C=O) groups is 2. The molecule has 0 atom stereocenters. The third-order valence-electron chi connectivity index (χ3n) is 3.12. The van der Waals surface area contributed by atoms with Crippen molar-refractivity contribution in [2.45, 2.75) is 25.8 Å². The largest absolute Gasteiger partial charge is 0.469 e. The van der Waals surface area contributed by atoms with Crippen LogP contribution in [0, 0.1) is 5.82 Å². The van der Waals surface area contributed by atoms with E-state index < -0.39 is 11.8 Å². The molecule has 0 aliphatic carbocycles. The number of aromatic nitrogens is 2. The van der Waals surface area contributed by atoms with Crippen LogP contribution in [0.3, 0.4) is 0 Å². The number of anilines is 1. The molecule has 25 heavy (non-hydrogen) atoms. The molecule has 0 spiro atoms. The van der Waals surface area contributed by atoms with E-state index in [0.29, 0.717) is 35.0 Å². The van der Waals surface area contributed by atoms with E-state index in [1.165, 1.54) is 36.6 Å². The van der Waals surface area contributed by atoms with E-state index in [2.05, 4.69) is 25.6 Å². The Bertz CT molecular complexity index is 756. The Morgan fingerprint density at radius 2 is 2.16 bits per heavy atom.